The molecule has 1 N–H and O–H groups in total. The summed E-state index contributed by atoms with van der Waals surface area (Å²) in [7, 11) is -3.55. The van der Waals surface area contributed by atoms with Gasteiger partial charge in [-0.15, -0.1) is 0 Å². The lowest BCUT2D eigenvalue weighted by Crippen LogP contribution is -2.41. The molecule has 5 heteroatoms. The van der Waals surface area contributed by atoms with Crippen LogP contribution in [-0.4, -0.2) is 14.5 Å². The van der Waals surface area contributed by atoms with Crippen molar-refractivity contribution in [2.45, 2.75) is 44.0 Å². The Morgan fingerprint density at radius 1 is 1.28 bits per heavy atom. The minimum atomic E-state index is -3.55. The molecular weight excluding hydrogens is 253 g/mol. The van der Waals surface area contributed by atoms with E-state index in [2.05, 4.69) is 18.6 Å². The normalized spacial score (nSPS) is 23.2. The molecule has 1 aromatic rings. The lowest BCUT2D eigenvalue weighted by molar-refractivity contribution is 0.313. The van der Waals surface area contributed by atoms with Gasteiger partial charge in [0.1, 0.15) is 5.82 Å². The van der Waals surface area contributed by atoms with Crippen LogP contribution in [0.5, 0.6) is 0 Å². The van der Waals surface area contributed by atoms with E-state index < -0.39 is 15.8 Å². The standard InChI is InChI=1S/C13H18FNO2S/c1-13(2)9-3-4-12(13)15-18(16,17)11-7-5-10(14)6-8-11/h5-8,12,15H,3-4,9H2,1-2H3. The van der Waals surface area contributed by atoms with Gasteiger partial charge in [0.05, 0.1) is 4.90 Å². The van der Waals surface area contributed by atoms with Gasteiger partial charge < -0.3 is 0 Å². The molecule has 0 heterocycles. The second-order valence-corrected chi connectivity index (χ2v) is 7.22. The second kappa shape index (κ2) is 4.63. The monoisotopic (exact) mass is 271 g/mol. The van der Waals surface area contributed by atoms with Gasteiger partial charge in [0.25, 0.3) is 0 Å². The molecule has 0 bridgehead atoms. The van der Waals surface area contributed by atoms with Crippen LogP contribution in [0.3, 0.4) is 0 Å². The highest BCUT2D eigenvalue weighted by atomic mass is 32.2. The van der Waals surface area contributed by atoms with Gasteiger partial charge in [0.15, 0.2) is 0 Å². The van der Waals surface area contributed by atoms with Crippen molar-refractivity contribution < 1.29 is 12.8 Å². The number of nitrogens with one attached hydrogen (secondary N) is 1. The van der Waals surface area contributed by atoms with Crippen LogP contribution in [0.15, 0.2) is 29.2 Å². The first-order valence-corrected chi connectivity index (χ1v) is 7.57. The van der Waals surface area contributed by atoms with E-state index in [0.717, 1.165) is 31.4 Å². The molecule has 1 aliphatic carbocycles. The quantitative estimate of drug-likeness (QED) is 0.918. The predicted molar refractivity (Wildman–Crippen MR) is 68.1 cm³/mol. The number of benzene rings is 1. The summed E-state index contributed by atoms with van der Waals surface area (Å²) in [5.41, 5.74) is -0.0207. The van der Waals surface area contributed by atoms with Gasteiger partial charge in [-0.1, -0.05) is 20.3 Å². The van der Waals surface area contributed by atoms with E-state index in [9.17, 15) is 12.8 Å². The summed E-state index contributed by atoms with van der Waals surface area (Å²) >= 11 is 0. The zero-order chi connectivity index (χ0) is 13.4. The summed E-state index contributed by atoms with van der Waals surface area (Å²) in [6.45, 7) is 4.13. The fraction of sp³-hybridized carbons (Fsp3) is 0.538. The molecule has 0 aromatic heterocycles. The van der Waals surface area contributed by atoms with E-state index in [1.54, 1.807) is 0 Å². The topological polar surface area (TPSA) is 46.2 Å². The van der Waals surface area contributed by atoms with Crippen LogP contribution in [0, 0.1) is 11.2 Å². The predicted octanol–water partition coefficient (Wildman–Crippen LogP) is 2.68. The van der Waals surface area contributed by atoms with Crippen LogP contribution < -0.4 is 4.72 Å². The number of hydrogen-bond donors (Lipinski definition) is 1. The number of rotatable bonds is 3. The van der Waals surface area contributed by atoms with Crippen molar-refractivity contribution in [1.29, 1.82) is 0 Å². The summed E-state index contributed by atoms with van der Waals surface area (Å²) in [5.74, 6) is -0.435. The van der Waals surface area contributed by atoms with Crippen LogP contribution in [0.25, 0.3) is 0 Å². The summed E-state index contributed by atoms with van der Waals surface area (Å²) in [6.07, 6.45) is 2.90. The fourth-order valence-corrected chi connectivity index (χ4v) is 3.86. The molecule has 0 saturated heterocycles. The SMILES string of the molecule is CC1(C)CCCC1NS(=O)(=O)c1ccc(F)cc1. The molecule has 0 spiro atoms. The minimum Gasteiger partial charge on any atom is -0.208 e. The van der Waals surface area contributed by atoms with E-state index >= 15 is 0 Å². The largest absolute Gasteiger partial charge is 0.240 e. The molecule has 1 fully saturated rings. The Morgan fingerprint density at radius 2 is 1.89 bits per heavy atom. The minimum absolute atomic E-state index is 0.0207. The lowest BCUT2D eigenvalue weighted by atomic mass is 9.88. The Hall–Kier alpha value is -0.940. The molecule has 2 rings (SSSR count). The highest BCUT2D eigenvalue weighted by Crippen LogP contribution is 2.37. The van der Waals surface area contributed by atoms with Gasteiger partial charge in [0, 0.05) is 6.04 Å². The van der Waals surface area contributed by atoms with Crippen LogP contribution in [0.2, 0.25) is 0 Å². The van der Waals surface area contributed by atoms with Crippen molar-refractivity contribution in [3.63, 3.8) is 0 Å². The Kier molecular flexibility index (Phi) is 3.47. The van der Waals surface area contributed by atoms with Crippen molar-refractivity contribution in [3.8, 4) is 0 Å². The molecule has 0 radical (unpaired) electrons. The first-order valence-electron chi connectivity index (χ1n) is 6.09. The third-order valence-corrected chi connectivity index (χ3v) is 5.17. The molecule has 100 valence electrons. The van der Waals surface area contributed by atoms with E-state index in [1.807, 2.05) is 0 Å². The number of halogens is 1. The maximum Gasteiger partial charge on any atom is 0.240 e. The smallest absolute Gasteiger partial charge is 0.208 e. The molecule has 1 unspecified atom stereocenters. The fourth-order valence-electron chi connectivity index (χ4n) is 2.41. The average molecular weight is 271 g/mol. The molecular formula is C13H18FNO2S. The molecule has 18 heavy (non-hydrogen) atoms. The Bertz CT molecular complexity index is 522. The van der Waals surface area contributed by atoms with Gasteiger partial charge in [-0.25, -0.2) is 17.5 Å². The molecule has 1 saturated carbocycles. The van der Waals surface area contributed by atoms with E-state index in [-0.39, 0.29) is 16.4 Å². The van der Waals surface area contributed by atoms with Crippen LogP contribution in [0.1, 0.15) is 33.1 Å². The van der Waals surface area contributed by atoms with Crippen molar-refractivity contribution in [2.24, 2.45) is 5.41 Å². The van der Waals surface area contributed by atoms with Gasteiger partial charge in [-0.3, -0.25) is 0 Å². The Balaban J connectivity index is 2.20. The summed E-state index contributed by atoms with van der Waals surface area (Å²) < 4.78 is 39.8. The summed E-state index contributed by atoms with van der Waals surface area (Å²) in [5, 5.41) is 0. The van der Waals surface area contributed by atoms with Crippen molar-refractivity contribution in [1.82, 2.24) is 4.72 Å². The maximum atomic E-state index is 12.8. The second-order valence-electron chi connectivity index (χ2n) is 5.51. The van der Waals surface area contributed by atoms with Crippen molar-refractivity contribution >= 4 is 10.0 Å². The van der Waals surface area contributed by atoms with Crippen molar-refractivity contribution in [3.05, 3.63) is 30.1 Å². The molecule has 0 aliphatic heterocycles. The highest BCUT2D eigenvalue weighted by molar-refractivity contribution is 7.89. The van der Waals surface area contributed by atoms with Crippen LogP contribution in [-0.2, 0) is 10.0 Å². The molecule has 0 amide bonds. The van der Waals surface area contributed by atoms with E-state index in [4.69, 9.17) is 0 Å². The van der Waals surface area contributed by atoms with Crippen LogP contribution in [0.4, 0.5) is 4.39 Å². The van der Waals surface area contributed by atoms with Crippen molar-refractivity contribution in [2.75, 3.05) is 0 Å². The highest BCUT2D eigenvalue weighted by Gasteiger charge is 2.37. The van der Waals surface area contributed by atoms with Gasteiger partial charge in [-0.2, -0.15) is 0 Å². The zero-order valence-electron chi connectivity index (χ0n) is 10.6. The first-order chi connectivity index (χ1) is 8.31. The van der Waals surface area contributed by atoms with Gasteiger partial charge in [0.2, 0.25) is 10.0 Å². The Labute approximate surface area is 107 Å². The van der Waals surface area contributed by atoms with Crippen LogP contribution >= 0.6 is 0 Å². The van der Waals surface area contributed by atoms with E-state index in [0.29, 0.717) is 0 Å². The third kappa shape index (κ3) is 2.72. The Morgan fingerprint density at radius 3 is 2.39 bits per heavy atom. The van der Waals surface area contributed by atoms with Gasteiger partial charge >= 0.3 is 0 Å². The first kappa shape index (κ1) is 13.5. The zero-order valence-corrected chi connectivity index (χ0v) is 11.4. The third-order valence-electron chi connectivity index (χ3n) is 3.68. The average Bonchev–Trinajstić information content (AvgIpc) is 2.58. The number of hydrogen-bond acceptors (Lipinski definition) is 2. The molecule has 1 aromatic carbocycles. The molecule has 3 nitrogen and oxygen atoms in total. The van der Waals surface area contributed by atoms with E-state index in [1.165, 1.54) is 12.1 Å². The lowest BCUT2D eigenvalue weighted by Gasteiger charge is -2.27. The maximum absolute atomic E-state index is 12.8. The molecule has 1 atom stereocenters. The summed E-state index contributed by atoms with van der Waals surface area (Å²) in [6, 6.07) is 4.86. The number of sulfonamides is 1. The molecule has 1 aliphatic rings. The summed E-state index contributed by atoms with van der Waals surface area (Å²) in [4.78, 5) is 0.117. The van der Waals surface area contributed by atoms with Gasteiger partial charge in [-0.05, 0) is 42.5 Å².